The predicted molar refractivity (Wildman–Crippen MR) is 86.6 cm³/mol. The summed E-state index contributed by atoms with van der Waals surface area (Å²) in [6.07, 6.45) is 3.18. The minimum atomic E-state index is 0.00681. The molecule has 0 saturated carbocycles. The van der Waals surface area contributed by atoms with Crippen LogP contribution in [-0.2, 0) is 19.4 Å². The van der Waals surface area contributed by atoms with Crippen LogP contribution in [0.4, 0.5) is 0 Å². The van der Waals surface area contributed by atoms with E-state index in [-0.39, 0.29) is 12.1 Å². The van der Waals surface area contributed by atoms with E-state index in [1.165, 1.54) is 10.4 Å². The van der Waals surface area contributed by atoms with Gasteiger partial charge >= 0.3 is 0 Å². The lowest BCUT2D eigenvalue weighted by Gasteiger charge is -2.17. The number of aryl methyl sites for hydroxylation is 2. The highest BCUT2D eigenvalue weighted by Gasteiger charge is 2.23. The van der Waals surface area contributed by atoms with Crippen molar-refractivity contribution in [1.29, 1.82) is 0 Å². The van der Waals surface area contributed by atoms with E-state index >= 15 is 0 Å². The minimum absolute atomic E-state index is 0.00681. The lowest BCUT2D eigenvalue weighted by atomic mass is 9.89. The Morgan fingerprint density at radius 2 is 2.35 bits per heavy atom. The zero-order valence-electron chi connectivity index (χ0n) is 11.6. The highest BCUT2D eigenvalue weighted by atomic mass is 32.1. The van der Waals surface area contributed by atoms with Crippen LogP contribution in [0.15, 0.2) is 4.79 Å². The van der Waals surface area contributed by atoms with Crippen molar-refractivity contribution in [3.63, 3.8) is 0 Å². The third-order valence-electron chi connectivity index (χ3n) is 3.92. The molecular weight excluding hydrogens is 290 g/mol. The molecule has 6 heteroatoms. The standard InChI is InChI=1S/C14H17N3OS2/c1-7-3-4-9-10(5-7)20-13-12(9)14(18)17(6-11(15)19)8(2)16-13/h7H,3-6H2,1-2H3,(H2,15,19). The molecule has 0 radical (unpaired) electrons. The Hall–Kier alpha value is -1.27. The monoisotopic (exact) mass is 307 g/mol. The zero-order chi connectivity index (χ0) is 14.4. The molecule has 2 aromatic heterocycles. The van der Waals surface area contributed by atoms with Gasteiger partial charge in [0.25, 0.3) is 5.56 Å². The number of nitrogens with zero attached hydrogens (tertiary/aromatic N) is 2. The fourth-order valence-electron chi connectivity index (χ4n) is 2.87. The van der Waals surface area contributed by atoms with Gasteiger partial charge in [-0.05, 0) is 37.7 Å². The van der Waals surface area contributed by atoms with Crippen molar-refractivity contribution >= 4 is 38.8 Å². The molecule has 0 amide bonds. The van der Waals surface area contributed by atoms with E-state index in [1.54, 1.807) is 15.9 Å². The molecule has 2 heterocycles. The van der Waals surface area contributed by atoms with Crippen LogP contribution >= 0.6 is 23.6 Å². The molecule has 0 saturated heterocycles. The number of rotatable bonds is 2. The van der Waals surface area contributed by atoms with Crippen LogP contribution in [0.2, 0.25) is 0 Å². The van der Waals surface area contributed by atoms with Gasteiger partial charge < -0.3 is 5.73 Å². The van der Waals surface area contributed by atoms with Gasteiger partial charge in [-0.3, -0.25) is 9.36 Å². The summed E-state index contributed by atoms with van der Waals surface area (Å²) in [6, 6.07) is 0. The first-order chi connectivity index (χ1) is 9.47. The van der Waals surface area contributed by atoms with Crippen molar-refractivity contribution < 1.29 is 0 Å². The molecule has 20 heavy (non-hydrogen) atoms. The van der Waals surface area contributed by atoms with Gasteiger partial charge in [0, 0.05) is 4.88 Å². The molecule has 2 aromatic rings. The minimum Gasteiger partial charge on any atom is -0.392 e. The van der Waals surface area contributed by atoms with E-state index in [1.807, 2.05) is 6.92 Å². The van der Waals surface area contributed by atoms with Gasteiger partial charge in [-0.2, -0.15) is 0 Å². The topological polar surface area (TPSA) is 60.9 Å². The van der Waals surface area contributed by atoms with E-state index in [0.29, 0.717) is 16.7 Å². The van der Waals surface area contributed by atoms with Crippen LogP contribution in [0.25, 0.3) is 10.2 Å². The van der Waals surface area contributed by atoms with Crippen LogP contribution in [0, 0.1) is 12.8 Å². The van der Waals surface area contributed by atoms with Crippen LogP contribution < -0.4 is 11.3 Å². The van der Waals surface area contributed by atoms with Crippen molar-refractivity contribution in [2.75, 3.05) is 0 Å². The fraction of sp³-hybridized carbons (Fsp3) is 0.500. The van der Waals surface area contributed by atoms with E-state index in [2.05, 4.69) is 11.9 Å². The molecule has 0 fully saturated rings. The maximum absolute atomic E-state index is 12.7. The van der Waals surface area contributed by atoms with E-state index in [9.17, 15) is 4.79 Å². The van der Waals surface area contributed by atoms with Crippen molar-refractivity contribution in [2.24, 2.45) is 11.7 Å². The Morgan fingerprint density at radius 1 is 1.60 bits per heavy atom. The second-order valence-corrected chi connectivity index (χ2v) is 7.16. The third kappa shape index (κ3) is 2.16. The highest BCUT2D eigenvalue weighted by Crippen LogP contribution is 2.35. The summed E-state index contributed by atoms with van der Waals surface area (Å²) in [5.41, 5.74) is 6.80. The normalized spacial score (nSPS) is 18.2. The summed E-state index contributed by atoms with van der Waals surface area (Å²) >= 11 is 6.60. The zero-order valence-corrected chi connectivity index (χ0v) is 13.2. The van der Waals surface area contributed by atoms with Gasteiger partial charge in [-0.15, -0.1) is 11.3 Å². The number of thiophene rings is 1. The number of hydrogen-bond acceptors (Lipinski definition) is 4. The molecule has 1 atom stereocenters. The fourth-order valence-corrected chi connectivity index (χ4v) is 4.41. The molecule has 2 N–H and O–H groups in total. The molecule has 0 aromatic carbocycles. The van der Waals surface area contributed by atoms with E-state index in [0.717, 1.165) is 29.5 Å². The van der Waals surface area contributed by atoms with Gasteiger partial charge in [0.05, 0.1) is 16.9 Å². The Kier molecular flexibility index (Phi) is 3.38. The summed E-state index contributed by atoms with van der Waals surface area (Å²) in [4.78, 5) is 19.8. The maximum Gasteiger partial charge on any atom is 0.262 e. The van der Waals surface area contributed by atoms with E-state index < -0.39 is 0 Å². The lowest BCUT2D eigenvalue weighted by Crippen LogP contribution is -2.29. The van der Waals surface area contributed by atoms with Gasteiger partial charge in [0.1, 0.15) is 10.7 Å². The molecule has 1 unspecified atom stereocenters. The van der Waals surface area contributed by atoms with Gasteiger partial charge in [0.2, 0.25) is 0 Å². The Balaban J connectivity index is 2.26. The van der Waals surface area contributed by atoms with Gasteiger partial charge in [0.15, 0.2) is 0 Å². The molecular formula is C14H17N3OS2. The molecule has 0 aliphatic heterocycles. The molecule has 1 aliphatic carbocycles. The van der Waals surface area contributed by atoms with Crippen LogP contribution in [-0.4, -0.2) is 14.5 Å². The van der Waals surface area contributed by atoms with Crippen LogP contribution in [0.3, 0.4) is 0 Å². The Morgan fingerprint density at radius 3 is 3.05 bits per heavy atom. The quantitative estimate of drug-likeness (QED) is 0.864. The Labute approximate surface area is 126 Å². The first-order valence-electron chi connectivity index (χ1n) is 6.77. The molecule has 4 nitrogen and oxygen atoms in total. The largest absolute Gasteiger partial charge is 0.392 e. The van der Waals surface area contributed by atoms with Crippen molar-refractivity contribution in [1.82, 2.24) is 9.55 Å². The lowest BCUT2D eigenvalue weighted by molar-refractivity contribution is 0.509. The molecule has 0 bridgehead atoms. The van der Waals surface area contributed by atoms with E-state index in [4.69, 9.17) is 18.0 Å². The number of fused-ring (bicyclic) bond motifs is 3. The third-order valence-corrected chi connectivity index (χ3v) is 5.20. The average Bonchev–Trinajstić information content (AvgIpc) is 2.71. The highest BCUT2D eigenvalue weighted by molar-refractivity contribution is 7.80. The Bertz CT molecular complexity index is 760. The first kappa shape index (κ1) is 13.7. The molecule has 106 valence electrons. The van der Waals surface area contributed by atoms with Crippen molar-refractivity contribution in [3.8, 4) is 0 Å². The summed E-state index contributed by atoms with van der Waals surface area (Å²) in [5.74, 6) is 1.37. The van der Waals surface area contributed by atoms with Gasteiger partial charge in [-0.1, -0.05) is 19.1 Å². The second kappa shape index (κ2) is 4.93. The summed E-state index contributed by atoms with van der Waals surface area (Å²) < 4.78 is 1.59. The van der Waals surface area contributed by atoms with Crippen LogP contribution in [0.1, 0.15) is 29.6 Å². The SMILES string of the molecule is Cc1nc2sc3c(c2c(=O)n1CC(N)=S)CCC(C)C3. The number of nitrogens with two attached hydrogens (primary N) is 1. The van der Waals surface area contributed by atoms with Gasteiger partial charge in [-0.25, -0.2) is 4.98 Å². The maximum atomic E-state index is 12.7. The van der Waals surface area contributed by atoms with Crippen molar-refractivity contribution in [2.45, 2.75) is 39.7 Å². The summed E-state index contributed by atoms with van der Waals surface area (Å²) in [7, 11) is 0. The predicted octanol–water partition coefficient (Wildman–Crippen LogP) is 2.18. The molecule has 1 aliphatic rings. The summed E-state index contributed by atoms with van der Waals surface area (Å²) in [6.45, 7) is 4.36. The molecule has 3 rings (SSSR count). The number of hydrogen-bond donors (Lipinski definition) is 1. The average molecular weight is 307 g/mol. The summed E-state index contributed by atoms with van der Waals surface area (Å²) in [5, 5.41) is 0.791. The number of aromatic nitrogens is 2. The number of thiocarbonyl (C=S) groups is 1. The van der Waals surface area contributed by atoms with Crippen LogP contribution in [0.5, 0.6) is 0 Å². The first-order valence-corrected chi connectivity index (χ1v) is 8.00. The second-order valence-electron chi connectivity index (χ2n) is 5.55. The smallest absolute Gasteiger partial charge is 0.262 e. The molecule has 0 spiro atoms. The van der Waals surface area contributed by atoms with Crippen molar-refractivity contribution in [3.05, 3.63) is 26.6 Å².